The van der Waals surface area contributed by atoms with Crippen LogP contribution in [0.15, 0.2) is 41.4 Å². The fourth-order valence-electron chi connectivity index (χ4n) is 3.74. The second-order valence-corrected chi connectivity index (χ2v) is 9.07. The summed E-state index contributed by atoms with van der Waals surface area (Å²) in [6.07, 6.45) is 4.18. The van der Waals surface area contributed by atoms with Crippen LogP contribution in [0.4, 0.5) is 0 Å². The molecule has 0 saturated carbocycles. The molecule has 0 bridgehead atoms. The normalized spacial score (nSPS) is 17.4. The molecule has 1 amide bonds. The van der Waals surface area contributed by atoms with Gasteiger partial charge in [-0.15, -0.1) is 0 Å². The third-order valence-corrected chi connectivity index (χ3v) is 6.30. The SMILES string of the molecule is CS(=O)(=O)c1cccnc1C1CCN(C(=O)c2ccc3c(c2)OCCO3)CC1. The summed E-state index contributed by atoms with van der Waals surface area (Å²) in [5, 5.41) is 0. The molecule has 0 N–H and O–H groups in total. The number of benzene rings is 1. The number of hydrogen-bond acceptors (Lipinski definition) is 6. The third kappa shape index (κ3) is 3.69. The molecular formula is C20H22N2O5S. The smallest absolute Gasteiger partial charge is 0.253 e. The molecule has 0 atom stereocenters. The van der Waals surface area contributed by atoms with Crippen LogP contribution < -0.4 is 9.47 Å². The van der Waals surface area contributed by atoms with Gasteiger partial charge in [-0.1, -0.05) is 0 Å². The first-order chi connectivity index (χ1) is 13.4. The minimum Gasteiger partial charge on any atom is -0.486 e. The van der Waals surface area contributed by atoms with Gasteiger partial charge < -0.3 is 14.4 Å². The van der Waals surface area contributed by atoms with Crippen LogP contribution in [0.3, 0.4) is 0 Å². The fraction of sp³-hybridized carbons (Fsp3) is 0.400. The molecule has 0 unspecified atom stereocenters. The summed E-state index contributed by atoms with van der Waals surface area (Å²) in [7, 11) is -3.33. The number of hydrogen-bond donors (Lipinski definition) is 0. The van der Waals surface area contributed by atoms with E-state index in [1.54, 1.807) is 41.4 Å². The van der Waals surface area contributed by atoms with Crippen LogP contribution in [0.2, 0.25) is 0 Å². The van der Waals surface area contributed by atoms with Crippen molar-refractivity contribution in [1.29, 1.82) is 0 Å². The first-order valence-corrected chi connectivity index (χ1v) is 11.2. The van der Waals surface area contributed by atoms with Crippen molar-refractivity contribution >= 4 is 15.7 Å². The van der Waals surface area contributed by atoms with E-state index >= 15 is 0 Å². The lowest BCUT2D eigenvalue weighted by Crippen LogP contribution is -2.38. The zero-order chi connectivity index (χ0) is 19.7. The van der Waals surface area contributed by atoms with Crippen LogP contribution in [0.1, 0.15) is 34.8 Å². The Bertz CT molecular complexity index is 997. The van der Waals surface area contributed by atoms with Gasteiger partial charge in [0.1, 0.15) is 13.2 Å². The van der Waals surface area contributed by atoms with Gasteiger partial charge in [0, 0.05) is 37.0 Å². The third-order valence-electron chi connectivity index (χ3n) is 5.16. The van der Waals surface area contributed by atoms with Crippen LogP contribution >= 0.6 is 0 Å². The van der Waals surface area contributed by atoms with Gasteiger partial charge >= 0.3 is 0 Å². The maximum absolute atomic E-state index is 12.9. The van der Waals surface area contributed by atoms with E-state index in [-0.39, 0.29) is 16.7 Å². The molecule has 8 heteroatoms. The molecule has 0 aliphatic carbocycles. The number of nitrogens with zero attached hydrogens (tertiary/aromatic N) is 2. The molecule has 1 aromatic heterocycles. The molecule has 148 valence electrons. The Labute approximate surface area is 164 Å². The molecule has 3 heterocycles. The van der Waals surface area contributed by atoms with Gasteiger partial charge in [-0.25, -0.2) is 8.42 Å². The van der Waals surface area contributed by atoms with Crippen molar-refractivity contribution in [2.24, 2.45) is 0 Å². The van der Waals surface area contributed by atoms with Crippen molar-refractivity contribution in [3.05, 3.63) is 47.8 Å². The van der Waals surface area contributed by atoms with Crippen molar-refractivity contribution in [3.63, 3.8) is 0 Å². The summed E-state index contributed by atoms with van der Waals surface area (Å²) >= 11 is 0. The van der Waals surface area contributed by atoms with E-state index in [9.17, 15) is 13.2 Å². The van der Waals surface area contributed by atoms with E-state index < -0.39 is 9.84 Å². The summed E-state index contributed by atoms with van der Waals surface area (Å²) < 4.78 is 35.1. The molecule has 2 aromatic rings. The second kappa shape index (κ2) is 7.43. The topological polar surface area (TPSA) is 85.8 Å². The molecule has 1 aromatic carbocycles. The Morgan fingerprint density at radius 3 is 2.54 bits per heavy atom. The minimum atomic E-state index is -3.33. The van der Waals surface area contributed by atoms with Crippen LogP contribution in [-0.2, 0) is 9.84 Å². The Balaban J connectivity index is 1.47. The van der Waals surface area contributed by atoms with Crippen molar-refractivity contribution in [2.45, 2.75) is 23.7 Å². The quantitative estimate of drug-likeness (QED) is 0.783. The van der Waals surface area contributed by atoms with E-state index in [1.165, 1.54) is 6.26 Å². The Morgan fingerprint density at radius 2 is 1.82 bits per heavy atom. The van der Waals surface area contributed by atoms with Gasteiger partial charge in [0.2, 0.25) is 0 Å². The first kappa shape index (κ1) is 18.7. The zero-order valence-corrected chi connectivity index (χ0v) is 16.4. The first-order valence-electron chi connectivity index (χ1n) is 9.27. The highest BCUT2D eigenvalue weighted by Crippen LogP contribution is 2.33. The van der Waals surface area contributed by atoms with E-state index in [1.807, 2.05) is 0 Å². The monoisotopic (exact) mass is 402 g/mol. The largest absolute Gasteiger partial charge is 0.486 e. The Hall–Kier alpha value is -2.61. The number of ether oxygens (including phenoxy) is 2. The number of pyridine rings is 1. The van der Waals surface area contributed by atoms with Crippen molar-refractivity contribution in [3.8, 4) is 11.5 Å². The number of sulfone groups is 1. The molecule has 2 aliphatic heterocycles. The highest BCUT2D eigenvalue weighted by atomic mass is 32.2. The van der Waals surface area contributed by atoms with Crippen molar-refractivity contribution in [2.75, 3.05) is 32.6 Å². The summed E-state index contributed by atoms with van der Waals surface area (Å²) in [5.41, 5.74) is 1.17. The highest BCUT2D eigenvalue weighted by molar-refractivity contribution is 7.90. The van der Waals surface area contributed by atoms with E-state index in [0.717, 1.165) is 0 Å². The minimum absolute atomic E-state index is 0.0234. The number of aromatic nitrogens is 1. The van der Waals surface area contributed by atoms with E-state index in [4.69, 9.17) is 9.47 Å². The molecule has 0 spiro atoms. The lowest BCUT2D eigenvalue weighted by atomic mass is 9.92. The molecule has 28 heavy (non-hydrogen) atoms. The van der Waals surface area contributed by atoms with Crippen LogP contribution in [0.25, 0.3) is 0 Å². The molecule has 7 nitrogen and oxygen atoms in total. The molecule has 1 fully saturated rings. The number of fused-ring (bicyclic) bond motifs is 1. The number of piperidine rings is 1. The zero-order valence-electron chi connectivity index (χ0n) is 15.6. The van der Waals surface area contributed by atoms with Gasteiger partial charge in [-0.05, 0) is 43.2 Å². The molecule has 0 radical (unpaired) electrons. The average molecular weight is 402 g/mol. The highest BCUT2D eigenvalue weighted by Gasteiger charge is 2.29. The van der Waals surface area contributed by atoms with Gasteiger partial charge in [0.25, 0.3) is 5.91 Å². The maximum Gasteiger partial charge on any atom is 0.253 e. The second-order valence-electron chi connectivity index (χ2n) is 7.08. The molecular weight excluding hydrogens is 380 g/mol. The number of carbonyl (C=O) groups is 1. The maximum atomic E-state index is 12.9. The fourth-order valence-corrected chi connectivity index (χ4v) is 4.66. The summed E-state index contributed by atoms with van der Waals surface area (Å²) in [5.74, 6) is 1.22. The van der Waals surface area contributed by atoms with E-state index in [0.29, 0.717) is 61.9 Å². The number of likely N-dealkylation sites (tertiary alicyclic amines) is 1. The molecule has 1 saturated heterocycles. The standard InChI is InChI=1S/C20H22N2O5S/c1-28(24,25)18-3-2-8-21-19(18)14-6-9-22(10-7-14)20(23)15-4-5-16-17(13-15)27-12-11-26-16/h2-5,8,13-14H,6-7,9-12H2,1H3. The van der Waals surface area contributed by atoms with Crippen LogP contribution in [-0.4, -0.2) is 56.8 Å². The summed E-state index contributed by atoms with van der Waals surface area (Å²) in [6, 6.07) is 8.48. The molecule has 4 rings (SSSR count). The summed E-state index contributed by atoms with van der Waals surface area (Å²) in [6.45, 7) is 2.09. The lowest BCUT2D eigenvalue weighted by Gasteiger charge is -2.32. The van der Waals surface area contributed by atoms with E-state index in [2.05, 4.69) is 4.98 Å². The van der Waals surface area contributed by atoms with Crippen LogP contribution in [0.5, 0.6) is 11.5 Å². The number of carbonyl (C=O) groups excluding carboxylic acids is 1. The summed E-state index contributed by atoms with van der Waals surface area (Å²) in [4.78, 5) is 19.3. The Morgan fingerprint density at radius 1 is 1.11 bits per heavy atom. The van der Waals surface area contributed by atoms with Gasteiger partial charge in [0.05, 0.1) is 10.6 Å². The number of rotatable bonds is 3. The van der Waals surface area contributed by atoms with Gasteiger partial charge in [-0.3, -0.25) is 9.78 Å². The predicted octanol–water partition coefficient (Wildman–Crippen LogP) is 2.28. The predicted molar refractivity (Wildman–Crippen MR) is 103 cm³/mol. The van der Waals surface area contributed by atoms with Gasteiger partial charge in [-0.2, -0.15) is 0 Å². The molecule has 2 aliphatic rings. The van der Waals surface area contributed by atoms with Gasteiger partial charge in [0.15, 0.2) is 21.3 Å². The number of amides is 1. The average Bonchev–Trinajstić information content (AvgIpc) is 2.72. The van der Waals surface area contributed by atoms with Crippen LogP contribution in [0, 0.1) is 0 Å². The Kier molecular flexibility index (Phi) is 4.97. The van der Waals surface area contributed by atoms with Crippen molar-refractivity contribution < 1.29 is 22.7 Å². The lowest BCUT2D eigenvalue weighted by molar-refractivity contribution is 0.0710. The van der Waals surface area contributed by atoms with Crippen molar-refractivity contribution in [1.82, 2.24) is 9.88 Å².